The maximum atomic E-state index is 10.8. The standard InChI is InChI=1S/C16H15N5O2S/c1-11-8-13(12(2)20(11)16-17-6-7-24-16)10-18-19-14-4-3-5-15(9-14)21(22)23/h3-10,19H,1-2H3/b18-10-. The third-order valence-electron chi connectivity index (χ3n) is 3.54. The normalized spacial score (nSPS) is 11.1. The average Bonchev–Trinajstić information content (AvgIpc) is 3.16. The molecule has 24 heavy (non-hydrogen) atoms. The summed E-state index contributed by atoms with van der Waals surface area (Å²) in [6, 6.07) is 8.25. The van der Waals surface area contributed by atoms with Gasteiger partial charge in [-0.05, 0) is 26.0 Å². The Morgan fingerprint density at radius 1 is 1.38 bits per heavy atom. The zero-order valence-corrected chi connectivity index (χ0v) is 13.9. The predicted octanol–water partition coefficient (Wildman–Crippen LogP) is 3.90. The van der Waals surface area contributed by atoms with Crippen molar-refractivity contribution < 1.29 is 4.92 Å². The van der Waals surface area contributed by atoms with Crippen LogP contribution in [-0.4, -0.2) is 20.7 Å². The lowest BCUT2D eigenvalue weighted by Crippen LogP contribution is -1.99. The van der Waals surface area contributed by atoms with E-state index in [1.54, 1.807) is 35.9 Å². The van der Waals surface area contributed by atoms with Crippen molar-refractivity contribution in [3.8, 4) is 5.13 Å². The van der Waals surface area contributed by atoms with E-state index < -0.39 is 4.92 Å². The number of nitrogens with zero attached hydrogens (tertiary/aromatic N) is 4. The van der Waals surface area contributed by atoms with E-state index in [4.69, 9.17) is 0 Å². The van der Waals surface area contributed by atoms with Gasteiger partial charge in [-0.25, -0.2) is 4.98 Å². The van der Waals surface area contributed by atoms with Crippen molar-refractivity contribution in [2.45, 2.75) is 13.8 Å². The molecule has 0 atom stereocenters. The van der Waals surface area contributed by atoms with Crippen LogP contribution in [0.4, 0.5) is 11.4 Å². The average molecular weight is 341 g/mol. The van der Waals surface area contributed by atoms with Gasteiger partial charge in [0.25, 0.3) is 5.69 Å². The molecule has 0 amide bonds. The Morgan fingerprint density at radius 2 is 2.21 bits per heavy atom. The molecular formula is C16H15N5O2S. The van der Waals surface area contributed by atoms with Gasteiger partial charge in [-0.3, -0.25) is 20.1 Å². The Labute approximate surface area is 142 Å². The number of nitro benzene ring substituents is 1. The lowest BCUT2D eigenvalue weighted by Gasteiger charge is -2.04. The van der Waals surface area contributed by atoms with Gasteiger partial charge in [-0.15, -0.1) is 11.3 Å². The highest BCUT2D eigenvalue weighted by atomic mass is 32.1. The molecule has 0 unspecified atom stereocenters. The monoisotopic (exact) mass is 341 g/mol. The second-order valence-electron chi connectivity index (χ2n) is 5.15. The Kier molecular flexibility index (Phi) is 4.39. The molecule has 122 valence electrons. The van der Waals surface area contributed by atoms with Crippen molar-refractivity contribution in [2.24, 2.45) is 5.10 Å². The summed E-state index contributed by atoms with van der Waals surface area (Å²) in [4.78, 5) is 14.7. The molecule has 7 nitrogen and oxygen atoms in total. The fraction of sp³-hybridized carbons (Fsp3) is 0.125. The minimum atomic E-state index is -0.434. The van der Waals surface area contributed by atoms with Crippen LogP contribution in [0.3, 0.4) is 0 Å². The SMILES string of the molecule is Cc1cc(/C=N\Nc2cccc([N+](=O)[O-])c2)c(C)n1-c1nccs1. The van der Waals surface area contributed by atoms with Crippen LogP contribution in [0.1, 0.15) is 17.0 Å². The molecule has 1 N–H and O–H groups in total. The van der Waals surface area contributed by atoms with Crippen LogP contribution in [0, 0.1) is 24.0 Å². The van der Waals surface area contributed by atoms with Crippen LogP contribution in [-0.2, 0) is 0 Å². The molecule has 0 saturated heterocycles. The molecule has 0 saturated carbocycles. The second kappa shape index (κ2) is 6.63. The third kappa shape index (κ3) is 3.18. The predicted molar refractivity (Wildman–Crippen MR) is 95.2 cm³/mol. The van der Waals surface area contributed by atoms with E-state index in [0.29, 0.717) is 5.69 Å². The van der Waals surface area contributed by atoms with Crippen LogP contribution < -0.4 is 5.43 Å². The number of hydrogen-bond acceptors (Lipinski definition) is 6. The van der Waals surface area contributed by atoms with Crippen LogP contribution in [0.15, 0.2) is 47.0 Å². The largest absolute Gasteiger partial charge is 0.294 e. The third-order valence-corrected chi connectivity index (χ3v) is 4.29. The van der Waals surface area contributed by atoms with Crippen molar-refractivity contribution in [1.29, 1.82) is 0 Å². The lowest BCUT2D eigenvalue weighted by molar-refractivity contribution is -0.384. The van der Waals surface area contributed by atoms with Crippen LogP contribution in [0.5, 0.6) is 0 Å². The number of benzene rings is 1. The topological polar surface area (TPSA) is 85.4 Å². The van der Waals surface area contributed by atoms with Crippen molar-refractivity contribution >= 4 is 28.9 Å². The summed E-state index contributed by atoms with van der Waals surface area (Å²) in [7, 11) is 0. The molecule has 0 aliphatic rings. The Bertz CT molecular complexity index is 899. The number of hydrazone groups is 1. The number of hydrogen-bond donors (Lipinski definition) is 1. The summed E-state index contributed by atoms with van der Waals surface area (Å²) >= 11 is 1.57. The van der Waals surface area contributed by atoms with E-state index in [9.17, 15) is 10.1 Å². The van der Waals surface area contributed by atoms with Gasteiger partial charge in [0.1, 0.15) is 0 Å². The van der Waals surface area contributed by atoms with Gasteiger partial charge in [0.05, 0.1) is 16.8 Å². The molecule has 3 rings (SSSR count). The molecule has 0 aliphatic heterocycles. The molecule has 8 heteroatoms. The number of thiazole rings is 1. The first kappa shape index (κ1) is 15.9. The lowest BCUT2D eigenvalue weighted by atomic mass is 10.3. The van der Waals surface area contributed by atoms with Gasteiger partial charge in [0, 0.05) is 40.7 Å². The first-order valence-corrected chi connectivity index (χ1v) is 8.06. The smallest absolute Gasteiger partial charge is 0.271 e. The zero-order valence-electron chi connectivity index (χ0n) is 13.1. The van der Waals surface area contributed by atoms with E-state index in [-0.39, 0.29) is 5.69 Å². The van der Waals surface area contributed by atoms with Gasteiger partial charge in [0.2, 0.25) is 0 Å². The Hall–Kier alpha value is -3.00. The molecule has 2 heterocycles. The highest BCUT2D eigenvalue weighted by molar-refractivity contribution is 7.12. The molecule has 0 bridgehead atoms. The fourth-order valence-electron chi connectivity index (χ4n) is 2.40. The van der Waals surface area contributed by atoms with Crippen LogP contribution in [0.25, 0.3) is 5.13 Å². The Balaban J connectivity index is 1.79. The number of aromatic nitrogens is 2. The second-order valence-corrected chi connectivity index (χ2v) is 6.03. The number of aryl methyl sites for hydroxylation is 1. The van der Waals surface area contributed by atoms with Gasteiger partial charge >= 0.3 is 0 Å². The molecule has 0 aliphatic carbocycles. The van der Waals surface area contributed by atoms with Gasteiger partial charge in [0.15, 0.2) is 5.13 Å². The van der Waals surface area contributed by atoms with Gasteiger partial charge in [-0.1, -0.05) is 6.07 Å². The number of nitro groups is 1. The molecular weight excluding hydrogens is 326 g/mol. The fourth-order valence-corrected chi connectivity index (χ4v) is 3.16. The first-order chi connectivity index (χ1) is 11.6. The van der Waals surface area contributed by atoms with Gasteiger partial charge < -0.3 is 0 Å². The zero-order chi connectivity index (χ0) is 17.1. The van der Waals surface area contributed by atoms with E-state index in [2.05, 4.69) is 20.1 Å². The summed E-state index contributed by atoms with van der Waals surface area (Å²) in [5.74, 6) is 0. The van der Waals surface area contributed by atoms with E-state index in [1.165, 1.54) is 12.1 Å². The maximum Gasteiger partial charge on any atom is 0.271 e. The number of non-ortho nitro benzene ring substituents is 1. The maximum absolute atomic E-state index is 10.8. The molecule has 0 radical (unpaired) electrons. The summed E-state index contributed by atoms with van der Waals surface area (Å²) < 4.78 is 2.07. The highest BCUT2D eigenvalue weighted by Crippen LogP contribution is 2.21. The Morgan fingerprint density at radius 3 is 2.92 bits per heavy atom. The number of nitrogens with one attached hydrogen (secondary N) is 1. The number of anilines is 1. The molecule has 0 fully saturated rings. The van der Waals surface area contributed by atoms with Gasteiger partial charge in [-0.2, -0.15) is 5.10 Å². The summed E-state index contributed by atoms with van der Waals surface area (Å²) in [6.45, 7) is 4.02. The van der Waals surface area contributed by atoms with Crippen molar-refractivity contribution in [3.63, 3.8) is 0 Å². The minimum absolute atomic E-state index is 0.0251. The molecule has 3 aromatic rings. The van der Waals surface area contributed by atoms with E-state index in [1.807, 2.05) is 25.3 Å². The quantitative estimate of drug-likeness (QED) is 0.433. The van der Waals surface area contributed by atoms with Crippen molar-refractivity contribution in [2.75, 3.05) is 5.43 Å². The van der Waals surface area contributed by atoms with Crippen molar-refractivity contribution in [3.05, 3.63) is 69.0 Å². The highest BCUT2D eigenvalue weighted by Gasteiger charge is 2.11. The van der Waals surface area contributed by atoms with E-state index in [0.717, 1.165) is 22.1 Å². The van der Waals surface area contributed by atoms with Crippen molar-refractivity contribution in [1.82, 2.24) is 9.55 Å². The first-order valence-electron chi connectivity index (χ1n) is 7.18. The minimum Gasteiger partial charge on any atom is -0.294 e. The molecule has 0 spiro atoms. The number of rotatable bonds is 5. The molecule has 1 aromatic carbocycles. The molecule has 2 aromatic heterocycles. The van der Waals surface area contributed by atoms with E-state index >= 15 is 0 Å². The van der Waals surface area contributed by atoms with Crippen LogP contribution in [0.2, 0.25) is 0 Å². The summed E-state index contributed by atoms with van der Waals surface area (Å²) in [5, 5.41) is 17.8. The van der Waals surface area contributed by atoms with Crippen LogP contribution >= 0.6 is 11.3 Å². The summed E-state index contributed by atoms with van der Waals surface area (Å²) in [5.41, 5.74) is 6.47. The summed E-state index contributed by atoms with van der Waals surface area (Å²) in [6.07, 6.45) is 3.47.